The average molecular weight is 344 g/mol. The first kappa shape index (κ1) is 17.7. The Hall–Kier alpha value is -2.08. The Morgan fingerprint density at radius 2 is 2.08 bits per heavy atom. The fourth-order valence-corrected chi connectivity index (χ4v) is 3.54. The zero-order valence-electron chi connectivity index (χ0n) is 14.7. The van der Waals surface area contributed by atoms with Crippen molar-refractivity contribution in [3.05, 3.63) is 35.4 Å². The molecule has 6 nitrogen and oxygen atoms in total. The monoisotopic (exact) mass is 344 g/mol. The Labute approximate surface area is 149 Å². The molecule has 2 aliphatic heterocycles. The van der Waals surface area contributed by atoms with Gasteiger partial charge in [-0.15, -0.1) is 0 Å². The van der Waals surface area contributed by atoms with Crippen molar-refractivity contribution in [2.45, 2.75) is 44.7 Å². The van der Waals surface area contributed by atoms with Gasteiger partial charge in [0.2, 0.25) is 5.91 Å². The largest absolute Gasteiger partial charge is 0.354 e. The number of amides is 3. The van der Waals surface area contributed by atoms with Gasteiger partial charge in [0.15, 0.2) is 0 Å². The van der Waals surface area contributed by atoms with Gasteiger partial charge in [-0.2, -0.15) is 0 Å². The van der Waals surface area contributed by atoms with Crippen LogP contribution < -0.4 is 16.0 Å². The molecule has 0 aliphatic carbocycles. The van der Waals surface area contributed by atoms with Crippen LogP contribution in [0.5, 0.6) is 0 Å². The van der Waals surface area contributed by atoms with Crippen molar-refractivity contribution in [1.82, 2.24) is 20.9 Å². The van der Waals surface area contributed by atoms with Crippen LogP contribution >= 0.6 is 0 Å². The Morgan fingerprint density at radius 3 is 2.96 bits per heavy atom. The minimum absolute atomic E-state index is 0.0698. The fourth-order valence-electron chi connectivity index (χ4n) is 3.54. The summed E-state index contributed by atoms with van der Waals surface area (Å²) in [6.45, 7) is 4.37. The van der Waals surface area contributed by atoms with Crippen molar-refractivity contribution in [3.63, 3.8) is 0 Å². The lowest BCUT2D eigenvalue weighted by Crippen LogP contribution is -2.49. The predicted molar refractivity (Wildman–Crippen MR) is 97.2 cm³/mol. The fraction of sp³-hybridized carbons (Fsp3) is 0.579. The third-order valence-electron chi connectivity index (χ3n) is 4.99. The van der Waals surface area contributed by atoms with Gasteiger partial charge in [-0.3, -0.25) is 9.69 Å². The van der Waals surface area contributed by atoms with Crippen LogP contribution in [-0.4, -0.2) is 49.1 Å². The van der Waals surface area contributed by atoms with E-state index in [1.807, 2.05) is 0 Å². The van der Waals surface area contributed by atoms with Crippen LogP contribution in [0, 0.1) is 0 Å². The number of hydrogen-bond donors (Lipinski definition) is 3. The van der Waals surface area contributed by atoms with Crippen molar-refractivity contribution in [2.24, 2.45) is 0 Å². The summed E-state index contributed by atoms with van der Waals surface area (Å²) in [6.07, 6.45) is 4.66. The first-order valence-electron chi connectivity index (χ1n) is 9.33. The molecule has 1 atom stereocenters. The van der Waals surface area contributed by atoms with Gasteiger partial charge in [0.1, 0.15) is 6.04 Å². The molecular formula is C19H28N4O2. The van der Waals surface area contributed by atoms with E-state index in [4.69, 9.17) is 0 Å². The molecule has 1 aromatic carbocycles. The highest BCUT2D eigenvalue weighted by Crippen LogP contribution is 2.18. The van der Waals surface area contributed by atoms with Gasteiger partial charge in [0.25, 0.3) is 0 Å². The van der Waals surface area contributed by atoms with Gasteiger partial charge in [-0.05, 0) is 43.2 Å². The van der Waals surface area contributed by atoms with E-state index in [9.17, 15) is 9.59 Å². The van der Waals surface area contributed by atoms with Gasteiger partial charge in [0.05, 0.1) is 0 Å². The summed E-state index contributed by atoms with van der Waals surface area (Å²) in [5, 5.41) is 8.49. The number of carbonyl (C=O) groups excluding carboxylic acids is 2. The second-order valence-corrected chi connectivity index (χ2v) is 6.89. The van der Waals surface area contributed by atoms with Crippen molar-refractivity contribution < 1.29 is 9.59 Å². The lowest BCUT2D eigenvalue weighted by molar-refractivity contribution is -0.122. The molecule has 6 heteroatoms. The van der Waals surface area contributed by atoms with Gasteiger partial charge >= 0.3 is 6.03 Å². The van der Waals surface area contributed by atoms with E-state index in [0.29, 0.717) is 19.5 Å². The standard InChI is InChI=1S/C19H28N4O2/c24-18-17(8-3-4-10-20-18)22-19(25)21-11-5-12-23-13-9-15-6-1-2-7-16(15)14-23/h1-2,6-7,17H,3-5,8-14H2,(H,20,24)(H2,21,22,25). The zero-order valence-corrected chi connectivity index (χ0v) is 14.7. The molecule has 25 heavy (non-hydrogen) atoms. The molecule has 1 unspecified atom stereocenters. The molecule has 1 fully saturated rings. The van der Waals surface area contributed by atoms with E-state index < -0.39 is 6.04 Å². The number of nitrogens with zero attached hydrogens (tertiary/aromatic N) is 1. The van der Waals surface area contributed by atoms with Crippen LogP contribution in [0.25, 0.3) is 0 Å². The molecule has 3 N–H and O–H groups in total. The Balaban J connectivity index is 1.33. The average Bonchev–Trinajstić information content (AvgIpc) is 2.83. The second-order valence-electron chi connectivity index (χ2n) is 6.89. The van der Waals surface area contributed by atoms with Crippen molar-refractivity contribution in [1.29, 1.82) is 0 Å². The molecule has 0 saturated carbocycles. The molecule has 0 aromatic heterocycles. The molecular weight excluding hydrogens is 316 g/mol. The zero-order chi connectivity index (χ0) is 17.5. The number of nitrogens with one attached hydrogen (secondary N) is 3. The van der Waals surface area contributed by atoms with Crippen LogP contribution in [0.4, 0.5) is 4.79 Å². The molecule has 3 amide bonds. The number of benzene rings is 1. The summed E-state index contributed by atoms with van der Waals surface area (Å²) in [5.74, 6) is -0.0698. The van der Waals surface area contributed by atoms with Crippen LogP contribution in [0.2, 0.25) is 0 Å². The first-order chi connectivity index (χ1) is 12.2. The molecule has 0 radical (unpaired) electrons. The van der Waals surface area contributed by atoms with Gasteiger partial charge < -0.3 is 16.0 Å². The lowest BCUT2D eigenvalue weighted by Gasteiger charge is -2.28. The molecule has 1 saturated heterocycles. The number of urea groups is 1. The molecule has 0 bridgehead atoms. The smallest absolute Gasteiger partial charge is 0.315 e. The maximum atomic E-state index is 12.0. The van der Waals surface area contributed by atoms with Gasteiger partial charge in [-0.1, -0.05) is 24.3 Å². The molecule has 0 spiro atoms. The van der Waals surface area contributed by atoms with Crippen molar-refractivity contribution in [2.75, 3.05) is 26.2 Å². The maximum Gasteiger partial charge on any atom is 0.315 e. The minimum atomic E-state index is -0.402. The maximum absolute atomic E-state index is 12.0. The van der Waals surface area contributed by atoms with Crippen molar-refractivity contribution in [3.8, 4) is 0 Å². The number of fused-ring (bicyclic) bond motifs is 1. The number of hydrogen-bond acceptors (Lipinski definition) is 3. The van der Waals surface area contributed by atoms with E-state index in [1.165, 1.54) is 11.1 Å². The minimum Gasteiger partial charge on any atom is -0.354 e. The molecule has 136 valence electrons. The Bertz CT molecular complexity index is 605. The topological polar surface area (TPSA) is 73.5 Å². The Morgan fingerprint density at radius 1 is 1.24 bits per heavy atom. The van der Waals surface area contributed by atoms with E-state index >= 15 is 0 Å². The van der Waals surface area contributed by atoms with Crippen LogP contribution in [0.1, 0.15) is 36.8 Å². The molecule has 3 rings (SSSR count). The molecule has 1 aromatic rings. The Kier molecular flexibility index (Phi) is 6.28. The van der Waals surface area contributed by atoms with E-state index in [2.05, 4.69) is 45.1 Å². The van der Waals surface area contributed by atoms with Crippen LogP contribution in [0.3, 0.4) is 0 Å². The second kappa shape index (κ2) is 8.85. The van der Waals surface area contributed by atoms with Crippen LogP contribution in [-0.2, 0) is 17.8 Å². The predicted octanol–water partition coefficient (Wildman–Crippen LogP) is 1.40. The summed E-state index contributed by atoms with van der Waals surface area (Å²) < 4.78 is 0. The normalized spacial score (nSPS) is 21.0. The first-order valence-corrected chi connectivity index (χ1v) is 9.33. The molecule has 2 heterocycles. The van der Waals surface area contributed by atoms with E-state index in [-0.39, 0.29) is 11.9 Å². The highest BCUT2D eigenvalue weighted by molar-refractivity contribution is 5.87. The summed E-state index contributed by atoms with van der Waals surface area (Å²) in [4.78, 5) is 26.2. The van der Waals surface area contributed by atoms with Gasteiger partial charge in [0, 0.05) is 32.7 Å². The van der Waals surface area contributed by atoms with Gasteiger partial charge in [-0.25, -0.2) is 4.79 Å². The quantitative estimate of drug-likeness (QED) is 0.707. The molecule has 2 aliphatic rings. The van der Waals surface area contributed by atoms with E-state index in [1.54, 1.807) is 0 Å². The highest BCUT2D eigenvalue weighted by Gasteiger charge is 2.22. The van der Waals surface area contributed by atoms with E-state index in [0.717, 1.165) is 45.3 Å². The number of carbonyl (C=O) groups is 2. The third kappa shape index (κ3) is 5.19. The highest BCUT2D eigenvalue weighted by atomic mass is 16.2. The summed E-state index contributed by atoms with van der Waals surface area (Å²) >= 11 is 0. The summed E-state index contributed by atoms with van der Waals surface area (Å²) in [6, 6.07) is 7.96. The SMILES string of the molecule is O=C(NCCCN1CCc2ccccc2C1)NC1CCCCNC1=O. The van der Waals surface area contributed by atoms with Crippen LogP contribution in [0.15, 0.2) is 24.3 Å². The summed E-state index contributed by atoms with van der Waals surface area (Å²) in [7, 11) is 0. The van der Waals surface area contributed by atoms with Crippen molar-refractivity contribution >= 4 is 11.9 Å². The number of rotatable bonds is 5. The third-order valence-corrected chi connectivity index (χ3v) is 4.99. The lowest BCUT2D eigenvalue weighted by atomic mass is 10.00. The summed E-state index contributed by atoms with van der Waals surface area (Å²) in [5.41, 5.74) is 2.87.